The molecular weight excluding hydrogens is 374 g/mol. The molecule has 1 amide bonds. The van der Waals surface area contributed by atoms with Crippen molar-refractivity contribution in [1.29, 1.82) is 0 Å². The van der Waals surface area contributed by atoms with E-state index in [4.69, 9.17) is 5.14 Å². The van der Waals surface area contributed by atoms with Crippen molar-refractivity contribution in [3.8, 4) is 0 Å². The van der Waals surface area contributed by atoms with E-state index < -0.39 is 10.0 Å². The Morgan fingerprint density at radius 3 is 2.61 bits per heavy atom. The SMILES string of the molecule is C[C@H]1Cc2cc(S(N)(=O)=O)ccc2N1CC(=O)N[C@H]1C[C@H]2CC[C@@]1(C)C2(C)C. The number of primary sulfonamides is 1. The molecule has 0 spiro atoms. The first kappa shape index (κ1) is 19.7. The monoisotopic (exact) mass is 405 g/mol. The van der Waals surface area contributed by atoms with Gasteiger partial charge in [0.2, 0.25) is 15.9 Å². The van der Waals surface area contributed by atoms with Crippen molar-refractivity contribution in [1.82, 2.24) is 5.32 Å². The highest BCUT2D eigenvalue weighted by Gasteiger charge is 2.61. The van der Waals surface area contributed by atoms with Gasteiger partial charge < -0.3 is 10.2 Å². The topological polar surface area (TPSA) is 92.5 Å². The van der Waals surface area contributed by atoms with Crippen molar-refractivity contribution < 1.29 is 13.2 Å². The fourth-order valence-corrected chi connectivity index (χ4v) is 6.47. The number of nitrogens with zero attached hydrogens (tertiary/aromatic N) is 1. The van der Waals surface area contributed by atoms with E-state index in [2.05, 4.69) is 37.9 Å². The predicted octanol–water partition coefficient (Wildman–Crippen LogP) is 2.42. The minimum atomic E-state index is -3.72. The summed E-state index contributed by atoms with van der Waals surface area (Å²) in [6.07, 6.45) is 4.22. The number of nitrogens with one attached hydrogen (secondary N) is 1. The van der Waals surface area contributed by atoms with Crippen LogP contribution in [0.25, 0.3) is 0 Å². The summed E-state index contributed by atoms with van der Waals surface area (Å²) in [5.74, 6) is 0.732. The van der Waals surface area contributed by atoms with E-state index >= 15 is 0 Å². The summed E-state index contributed by atoms with van der Waals surface area (Å²) < 4.78 is 23.2. The summed E-state index contributed by atoms with van der Waals surface area (Å²) in [7, 11) is -3.72. The van der Waals surface area contributed by atoms with Crippen LogP contribution in [0.15, 0.2) is 23.1 Å². The molecular formula is C21H31N3O3S. The molecule has 1 aliphatic heterocycles. The summed E-state index contributed by atoms with van der Waals surface area (Å²) in [5.41, 5.74) is 2.28. The van der Waals surface area contributed by atoms with E-state index in [1.54, 1.807) is 12.1 Å². The lowest BCUT2D eigenvalue weighted by atomic mass is 9.69. The molecule has 1 aromatic rings. The van der Waals surface area contributed by atoms with Crippen LogP contribution < -0.4 is 15.4 Å². The molecule has 28 heavy (non-hydrogen) atoms. The van der Waals surface area contributed by atoms with Crippen molar-refractivity contribution in [2.24, 2.45) is 21.9 Å². The van der Waals surface area contributed by atoms with Crippen LogP contribution in [-0.4, -0.2) is 33.0 Å². The third-order valence-corrected chi connectivity index (χ3v) is 9.09. The molecule has 4 atom stereocenters. The van der Waals surface area contributed by atoms with E-state index in [0.717, 1.165) is 17.7 Å². The highest BCUT2D eigenvalue weighted by Crippen LogP contribution is 2.65. The Kier molecular flexibility index (Phi) is 4.36. The van der Waals surface area contributed by atoms with Crippen LogP contribution in [0, 0.1) is 16.7 Å². The third-order valence-electron chi connectivity index (χ3n) is 8.18. The predicted molar refractivity (Wildman–Crippen MR) is 109 cm³/mol. The second-order valence-corrected chi connectivity index (χ2v) is 11.3. The lowest BCUT2D eigenvalue weighted by Crippen LogP contribution is -2.50. The quantitative estimate of drug-likeness (QED) is 0.805. The number of carbonyl (C=O) groups is 1. The van der Waals surface area contributed by atoms with E-state index in [0.29, 0.717) is 18.9 Å². The maximum absolute atomic E-state index is 12.9. The van der Waals surface area contributed by atoms with Crippen LogP contribution in [0.4, 0.5) is 5.69 Å². The number of hydrogen-bond donors (Lipinski definition) is 2. The first-order valence-electron chi connectivity index (χ1n) is 10.2. The minimum Gasteiger partial charge on any atom is -0.359 e. The first-order valence-corrected chi connectivity index (χ1v) is 11.7. The highest BCUT2D eigenvalue weighted by molar-refractivity contribution is 7.89. The molecule has 2 bridgehead atoms. The fraction of sp³-hybridized carbons (Fsp3) is 0.667. The van der Waals surface area contributed by atoms with Gasteiger partial charge in [-0.3, -0.25) is 4.79 Å². The van der Waals surface area contributed by atoms with Gasteiger partial charge in [-0.15, -0.1) is 0 Å². The molecule has 2 aliphatic carbocycles. The molecule has 6 nitrogen and oxygen atoms in total. The van der Waals surface area contributed by atoms with Gasteiger partial charge in [0, 0.05) is 17.8 Å². The fourth-order valence-electron chi connectivity index (χ4n) is 5.91. The highest BCUT2D eigenvalue weighted by atomic mass is 32.2. The summed E-state index contributed by atoms with van der Waals surface area (Å²) in [5, 5.41) is 8.57. The van der Waals surface area contributed by atoms with Gasteiger partial charge in [-0.05, 0) is 73.1 Å². The Hall–Kier alpha value is -1.60. The van der Waals surface area contributed by atoms with Gasteiger partial charge in [-0.2, -0.15) is 0 Å². The van der Waals surface area contributed by atoms with Crippen LogP contribution in [0.5, 0.6) is 0 Å². The Labute approximate surface area is 167 Å². The summed E-state index contributed by atoms with van der Waals surface area (Å²) in [6.45, 7) is 9.37. The molecule has 2 fully saturated rings. The molecule has 7 heteroatoms. The van der Waals surface area contributed by atoms with Crippen molar-refractivity contribution in [2.45, 2.75) is 70.4 Å². The molecule has 1 heterocycles. The molecule has 1 aromatic carbocycles. The molecule has 154 valence electrons. The van der Waals surface area contributed by atoms with Gasteiger partial charge in [0.1, 0.15) is 0 Å². The number of carbonyl (C=O) groups excluding carboxylic acids is 1. The Morgan fingerprint density at radius 1 is 1.32 bits per heavy atom. The average Bonchev–Trinajstić information content (AvgIpc) is 3.08. The maximum Gasteiger partial charge on any atom is 0.239 e. The van der Waals surface area contributed by atoms with E-state index in [9.17, 15) is 13.2 Å². The minimum absolute atomic E-state index is 0.0461. The number of nitrogens with two attached hydrogens (primary N) is 1. The largest absolute Gasteiger partial charge is 0.359 e. The maximum atomic E-state index is 12.9. The molecule has 0 radical (unpaired) electrons. The lowest BCUT2D eigenvalue weighted by molar-refractivity contribution is -0.121. The Morgan fingerprint density at radius 2 is 2.04 bits per heavy atom. The second-order valence-electron chi connectivity index (χ2n) is 9.75. The zero-order valence-corrected chi connectivity index (χ0v) is 18.0. The standard InChI is InChI=1S/C21H31N3O3S/c1-13-9-14-10-16(28(22,26)27)5-6-17(14)24(13)12-19(25)23-18-11-15-7-8-21(18,4)20(15,2)3/h5-6,10,13,15,18H,7-9,11-12H2,1-4H3,(H,23,25)(H2,22,26,27)/t13-,15+,18-,21+/m0/s1. The zero-order valence-electron chi connectivity index (χ0n) is 17.2. The van der Waals surface area contributed by atoms with Crippen LogP contribution in [0.2, 0.25) is 0 Å². The molecule has 4 rings (SSSR count). The van der Waals surface area contributed by atoms with Crippen LogP contribution in [0.3, 0.4) is 0 Å². The van der Waals surface area contributed by atoms with Gasteiger partial charge in [0.15, 0.2) is 0 Å². The van der Waals surface area contributed by atoms with Crippen LogP contribution in [0.1, 0.15) is 52.5 Å². The van der Waals surface area contributed by atoms with Gasteiger partial charge >= 0.3 is 0 Å². The summed E-state index contributed by atoms with van der Waals surface area (Å²) in [6, 6.07) is 5.31. The number of rotatable bonds is 4. The molecule has 3 aliphatic rings. The molecule has 3 N–H and O–H groups in total. The number of anilines is 1. The Balaban J connectivity index is 1.48. The lowest BCUT2D eigenvalue weighted by Gasteiger charge is -2.39. The summed E-state index contributed by atoms with van der Waals surface area (Å²) in [4.78, 5) is 15.1. The van der Waals surface area contributed by atoms with Crippen molar-refractivity contribution in [3.63, 3.8) is 0 Å². The van der Waals surface area contributed by atoms with Crippen LogP contribution >= 0.6 is 0 Å². The second kappa shape index (κ2) is 6.20. The van der Waals surface area contributed by atoms with Crippen molar-refractivity contribution in [2.75, 3.05) is 11.4 Å². The number of benzene rings is 1. The Bertz CT molecular complexity index is 927. The number of hydrogen-bond acceptors (Lipinski definition) is 4. The zero-order chi connectivity index (χ0) is 20.5. The first-order chi connectivity index (χ1) is 12.9. The van der Waals surface area contributed by atoms with E-state index in [1.807, 2.05) is 0 Å². The normalized spacial score (nSPS) is 33.2. The molecule has 0 saturated heterocycles. The van der Waals surface area contributed by atoms with Crippen molar-refractivity contribution in [3.05, 3.63) is 23.8 Å². The molecule has 0 aromatic heterocycles. The van der Waals surface area contributed by atoms with Gasteiger partial charge in [-0.25, -0.2) is 13.6 Å². The van der Waals surface area contributed by atoms with Crippen molar-refractivity contribution >= 4 is 21.6 Å². The van der Waals surface area contributed by atoms with Gasteiger partial charge in [0.05, 0.1) is 11.4 Å². The van der Waals surface area contributed by atoms with Crippen LogP contribution in [-0.2, 0) is 21.2 Å². The molecule has 2 saturated carbocycles. The van der Waals surface area contributed by atoms with E-state index in [-0.39, 0.29) is 33.7 Å². The number of sulfonamides is 1. The number of fused-ring (bicyclic) bond motifs is 3. The summed E-state index contributed by atoms with van der Waals surface area (Å²) >= 11 is 0. The smallest absolute Gasteiger partial charge is 0.239 e. The molecule has 0 unspecified atom stereocenters. The average molecular weight is 406 g/mol. The third kappa shape index (κ3) is 2.86. The van der Waals surface area contributed by atoms with Gasteiger partial charge in [-0.1, -0.05) is 20.8 Å². The van der Waals surface area contributed by atoms with E-state index in [1.165, 1.54) is 18.9 Å². The van der Waals surface area contributed by atoms with Gasteiger partial charge in [0.25, 0.3) is 0 Å². The number of amides is 1.